The van der Waals surface area contributed by atoms with Crippen molar-refractivity contribution in [2.24, 2.45) is 0 Å². The zero-order valence-corrected chi connectivity index (χ0v) is 11.9. The van der Waals surface area contributed by atoms with Crippen molar-refractivity contribution in [1.82, 2.24) is 15.2 Å². The van der Waals surface area contributed by atoms with Gasteiger partial charge in [-0.1, -0.05) is 11.3 Å². The number of ether oxygens (including phenoxy) is 1. The molecule has 4 rings (SSSR count). The van der Waals surface area contributed by atoms with Gasteiger partial charge in [-0.2, -0.15) is 5.10 Å². The van der Waals surface area contributed by atoms with E-state index >= 15 is 0 Å². The molecule has 0 saturated carbocycles. The number of aromatic amines is 1. The molecule has 108 valence electrons. The van der Waals surface area contributed by atoms with E-state index < -0.39 is 0 Å². The molecule has 8 heteroatoms. The average molecular weight is 304 g/mol. The summed E-state index contributed by atoms with van der Waals surface area (Å²) >= 11 is 1.46. The summed E-state index contributed by atoms with van der Waals surface area (Å²) in [6.07, 6.45) is 1.58. The number of anilines is 1. The van der Waals surface area contributed by atoms with Crippen molar-refractivity contribution in [1.29, 1.82) is 0 Å². The molecular weight excluding hydrogens is 292 g/mol. The molecule has 0 aromatic carbocycles. The van der Waals surface area contributed by atoms with Crippen molar-refractivity contribution in [3.8, 4) is 11.5 Å². The molecule has 4 heterocycles. The van der Waals surface area contributed by atoms with E-state index in [1.54, 1.807) is 12.3 Å². The van der Waals surface area contributed by atoms with Gasteiger partial charge in [0, 0.05) is 13.1 Å². The van der Waals surface area contributed by atoms with Gasteiger partial charge in [0.1, 0.15) is 5.69 Å². The maximum Gasteiger partial charge on any atom is 0.291 e. The normalized spacial score (nSPS) is 15.7. The minimum Gasteiger partial charge on any atom is -0.463 e. The largest absolute Gasteiger partial charge is 0.463 e. The van der Waals surface area contributed by atoms with Crippen molar-refractivity contribution in [2.75, 3.05) is 31.2 Å². The van der Waals surface area contributed by atoms with Crippen molar-refractivity contribution in [2.45, 2.75) is 0 Å². The molecule has 0 radical (unpaired) electrons. The number of morpholine rings is 1. The van der Waals surface area contributed by atoms with E-state index in [1.165, 1.54) is 11.3 Å². The third kappa shape index (κ3) is 2.12. The molecule has 0 bridgehead atoms. The van der Waals surface area contributed by atoms with Crippen LogP contribution in [0.4, 0.5) is 5.13 Å². The smallest absolute Gasteiger partial charge is 0.291 e. The Morgan fingerprint density at radius 3 is 2.95 bits per heavy atom. The minimum atomic E-state index is -0.281. The first-order valence-corrected chi connectivity index (χ1v) is 7.40. The van der Waals surface area contributed by atoms with Gasteiger partial charge in [0.2, 0.25) is 0 Å². The maximum atomic E-state index is 11.9. The Bertz CT molecular complexity index is 818. The lowest BCUT2D eigenvalue weighted by atomic mass is 10.3. The molecule has 0 aliphatic carbocycles. The van der Waals surface area contributed by atoms with Gasteiger partial charge in [-0.05, 0) is 12.1 Å². The van der Waals surface area contributed by atoms with Crippen LogP contribution < -0.4 is 10.5 Å². The van der Waals surface area contributed by atoms with Gasteiger partial charge in [-0.25, -0.2) is 10.1 Å². The Balaban J connectivity index is 1.87. The van der Waals surface area contributed by atoms with Crippen molar-refractivity contribution in [3.05, 3.63) is 28.7 Å². The molecule has 3 aromatic rings. The first-order chi connectivity index (χ1) is 10.3. The fraction of sp³-hybridized carbons (Fsp3) is 0.308. The Hall–Kier alpha value is -2.19. The molecule has 1 aliphatic heterocycles. The van der Waals surface area contributed by atoms with E-state index in [1.807, 2.05) is 6.07 Å². The van der Waals surface area contributed by atoms with Gasteiger partial charge in [0.15, 0.2) is 16.4 Å². The van der Waals surface area contributed by atoms with E-state index in [9.17, 15) is 4.79 Å². The number of thiazole rings is 1. The number of hydrogen-bond acceptors (Lipinski definition) is 7. The predicted molar refractivity (Wildman–Crippen MR) is 78.8 cm³/mol. The van der Waals surface area contributed by atoms with Crippen molar-refractivity contribution >= 4 is 26.7 Å². The standard InChI is InChI=1S/C13H12N4O3S/c18-12-10-11(9(15-16-12)8-2-1-5-20-8)21-13(14-10)17-3-6-19-7-4-17/h1-2,5H,3-4,6-7H2,(H,16,18). The highest BCUT2D eigenvalue weighted by Gasteiger charge is 2.20. The van der Waals surface area contributed by atoms with Gasteiger partial charge < -0.3 is 14.1 Å². The molecule has 21 heavy (non-hydrogen) atoms. The Labute approximate surface area is 123 Å². The lowest BCUT2D eigenvalue weighted by molar-refractivity contribution is 0.122. The highest BCUT2D eigenvalue weighted by Crippen LogP contribution is 2.33. The fourth-order valence-corrected chi connectivity index (χ4v) is 3.41. The zero-order valence-electron chi connectivity index (χ0n) is 11.0. The van der Waals surface area contributed by atoms with E-state index in [0.717, 1.165) is 22.9 Å². The van der Waals surface area contributed by atoms with Crippen LogP contribution in [0.15, 0.2) is 27.6 Å². The van der Waals surface area contributed by atoms with Crippen LogP contribution in [-0.4, -0.2) is 41.5 Å². The Kier molecular flexibility index (Phi) is 2.97. The van der Waals surface area contributed by atoms with Crippen molar-refractivity contribution in [3.63, 3.8) is 0 Å². The van der Waals surface area contributed by atoms with Gasteiger partial charge in [0.25, 0.3) is 5.56 Å². The van der Waals surface area contributed by atoms with Gasteiger partial charge in [-0.3, -0.25) is 4.79 Å². The third-order valence-corrected chi connectivity index (χ3v) is 4.47. The summed E-state index contributed by atoms with van der Waals surface area (Å²) in [7, 11) is 0. The van der Waals surface area contributed by atoms with Crippen LogP contribution in [0.3, 0.4) is 0 Å². The first kappa shape index (κ1) is 12.5. The van der Waals surface area contributed by atoms with Crippen LogP contribution in [0.5, 0.6) is 0 Å². The highest BCUT2D eigenvalue weighted by atomic mass is 32.1. The predicted octanol–water partition coefficient (Wildman–Crippen LogP) is 1.48. The topological polar surface area (TPSA) is 84.2 Å². The SMILES string of the molecule is O=c1[nH]nc(-c2ccco2)c2sc(N3CCOCC3)nc12. The zero-order chi connectivity index (χ0) is 14.2. The highest BCUT2D eigenvalue weighted by molar-refractivity contribution is 7.22. The lowest BCUT2D eigenvalue weighted by Gasteiger charge is -2.25. The number of fused-ring (bicyclic) bond motifs is 1. The number of hydrogen-bond donors (Lipinski definition) is 1. The summed E-state index contributed by atoms with van der Waals surface area (Å²) in [4.78, 5) is 18.5. The number of furan rings is 1. The maximum absolute atomic E-state index is 11.9. The summed E-state index contributed by atoms with van der Waals surface area (Å²) < 4.78 is 11.5. The van der Waals surface area contributed by atoms with Crippen LogP contribution in [0, 0.1) is 0 Å². The minimum absolute atomic E-state index is 0.281. The average Bonchev–Trinajstić information content (AvgIpc) is 3.18. The summed E-state index contributed by atoms with van der Waals surface area (Å²) in [6.45, 7) is 2.91. The number of nitrogens with one attached hydrogen (secondary N) is 1. The van der Waals surface area contributed by atoms with Gasteiger partial charge in [0.05, 0.1) is 24.2 Å². The Morgan fingerprint density at radius 2 is 2.19 bits per heavy atom. The summed E-state index contributed by atoms with van der Waals surface area (Å²) in [5, 5.41) is 7.41. The summed E-state index contributed by atoms with van der Waals surface area (Å²) in [5.41, 5.74) is 0.741. The van der Waals surface area contributed by atoms with E-state index in [2.05, 4.69) is 20.1 Å². The molecular formula is C13H12N4O3S. The van der Waals surface area contributed by atoms with E-state index in [0.29, 0.717) is 30.2 Å². The van der Waals surface area contributed by atoms with Gasteiger partial charge in [-0.15, -0.1) is 0 Å². The molecule has 0 unspecified atom stereocenters. The first-order valence-electron chi connectivity index (χ1n) is 6.59. The second-order valence-corrected chi connectivity index (χ2v) is 5.63. The van der Waals surface area contributed by atoms with E-state index in [4.69, 9.17) is 9.15 Å². The molecule has 1 fully saturated rings. The second kappa shape index (κ2) is 4.97. The number of rotatable bonds is 2. The molecule has 1 aliphatic rings. The van der Waals surface area contributed by atoms with Crippen LogP contribution in [-0.2, 0) is 4.74 Å². The lowest BCUT2D eigenvalue weighted by Crippen LogP contribution is -2.36. The van der Waals surface area contributed by atoms with Crippen LogP contribution in [0.2, 0.25) is 0 Å². The number of nitrogens with zero attached hydrogens (tertiary/aromatic N) is 3. The number of H-pyrrole nitrogens is 1. The third-order valence-electron chi connectivity index (χ3n) is 3.35. The van der Waals surface area contributed by atoms with Crippen LogP contribution >= 0.6 is 11.3 Å². The summed E-state index contributed by atoms with van der Waals surface area (Å²) in [5.74, 6) is 0.619. The molecule has 7 nitrogen and oxygen atoms in total. The van der Waals surface area contributed by atoms with Crippen LogP contribution in [0.25, 0.3) is 21.7 Å². The number of aromatic nitrogens is 3. The molecule has 0 amide bonds. The second-order valence-electron chi connectivity index (χ2n) is 4.65. The molecule has 1 N–H and O–H groups in total. The fourth-order valence-electron chi connectivity index (χ4n) is 2.30. The molecule has 1 saturated heterocycles. The summed E-state index contributed by atoms with van der Waals surface area (Å²) in [6, 6.07) is 3.60. The van der Waals surface area contributed by atoms with E-state index in [-0.39, 0.29) is 5.56 Å². The Morgan fingerprint density at radius 1 is 1.33 bits per heavy atom. The van der Waals surface area contributed by atoms with Crippen molar-refractivity contribution < 1.29 is 9.15 Å². The molecule has 0 spiro atoms. The molecule has 3 aromatic heterocycles. The quantitative estimate of drug-likeness (QED) is 0.772. The van der Waals surface area contributed by atoms with Gasteiger partial charge >= 0.3 is 0 Å². The van der Waals surface area contributed by atoms with Crippen LogP contribution in [0.1, 0.15) is 0 Å². The molecule has 0 atom stereocenters. The monoisotopic (exact) mass is 304 g/mol.